The second-order valence-electron chi connectivity index (χ2n) is 1.37. The van der Waals surface area contributed by atoms with Crippen LogP contribution in [-0.2, 0) is 0 Å². The van der Waals surface area contributed by atoms with Crippen LogP contribution in [0.25, 0.3) is 0 Å². The second kappa shape index (κ2) is 3.31. The van der Waals surface area contributed by atoms with E-state index in [1.807, 2.05) is 0 Å². The van der Waals surface area contributed by atoms with E-state index < -0.39 is 0 Å². The molecule has 0 aliphatic carbocycles. The zero-order valence-corrected chi connectivity index (χ0v) is 7.54. The summed E-state index contributed by atoms with van der Waals surface area (Å²) >= 11 is 3.51. The quantitative estimate of drug-likeness (QED) is 0.557. The van der Waals surface area contributed by atoms with Crippen LogP contribution >= 0.6 is 13.6 Å². The fourth-order valence-electron chi connectivity index (χ4n) is 0. The molecule has 0 saturated heterocycles. The van der Waals surface area contributed by atoms with Crippen molar-refractivity contribution in [2.24, 2.45) is 0 Å². The predicted molar refractivity (Wildman–Crippen MR) is 29.8 cm³/mol. The zero-order valence-electron chi connectivity index (χ0n) is 3.53. The Hall–Kier alpha value is 1.12. The van der Waals surface area contributed by atoms with E-state index in [0.717, 1.165) is 4.47 Å². The Kier molecular flexibility index (Phi) is 4.05. The first-order chi connectivity index (χ1) is 2.27. The molecule has 0 aromatic carbocycles. The number of hydrogen-bond acceptors (Lipinski definition) is 0. The van der Waals surface area contributed by atoms with Gasteiger partial charge in [-0.1, -0.05) is 0 Å². The molecule has 0 N–H and O–H groups in total. The molecule has 0 spiro atoms. The van der Waals surface area contributed by atoms with Gasteiger partial charge in [0.1, 0.15) is 0 Å². The average Bonchev–Trinajstić information content (AvgIpc) is 1.38. The Morgan fingerprint density at radius 2 is 1.80 bits per heavy atom. The Morgan fingerprint density at radius 1 is 1.60 bits per heavy atom. The molecular formula is C3H7BrGa. The van der Waals surface area contributed by atoms with E-state index in [1.165, 1.54) is 0 Å². The van der Waals surface area contributed by atoms with Crippen molar-refractivity contribution >= 4 is 29.0 Å². The van der Waals surface area contributed by atoms with E-state index in [2.05, 4.69) is 27.4 Å². The van der Waals surface area contributed by atoms with Crippen LogP contribution in [0.3, 0.4) is 0 Å². The Balaban J connectivity index is 2.54. The molecule has 5 heavy (non-hydrogen) atoms. The van der Waals surface area contributed by atoms with Crippen molar-refractivity contribution in [1.82, 2.24) is 0 Å². The van der Waals surface area contributed by atoms with Gasteiger partial charge in [-0.3, -0.25) is 0 Å². The molecule has 0 atom stereocenters. The average molecular weight is 193 g/mol. The van der Waals surface area contributed by atoms with Crippen LogP contribution in [0.2, 0.25) is 4.47 Å². The number of rotatable bonds is 1. The van der Waals surface area contributed by atoms with E-state index in [4.69, 9.17) is 0 Å². The Labute approximate surface area is 47.4 Å². The number of hydrogen-bond donors (Lipinski definition) is 0. The standard InChI is InChI=1S/C3H7.BrH.Ga/c1-3-2;;/h3H,1-2H3;1H;/q;;+1/p-1. The van der Waals surface area contributed by atoms with Gasteiger partial charge in [-0.2, -0.15) is 0 Å². The monoisotopic (exact) mass is 191 g/mol. The summed E-state index contributed by atoms with van der Waals surface area (Å²) in [5.74, 6) is 0. The molecule has 0 aromatic heterocycles. The summed E-state index contributed by atoms with van der Waals surface area (Å²) in [6, 6.07) is 0. The molecule has 0 unspecified atom stereocenters. The van der Waals surface area contributed by atoms with Gasteiger partial charge in [0, 0.05) is 0 Å². The molecule has 29 valence electrons. The molecule has 0 aliphatic rings. The first-order valence-corrected chi connectivity index (χ1v) is 8.78. The summed E-state index contributed by atoms with van der Waals surface area (Å²) in [5.41, 5.74) is 0. The van der Waals surface area contributed by atoms with Gasteiger partial charge in [0.05, 0.1) is 0 Å². The van der Waals surface area contributed by atoms with Crippen LogP contribution < -0.4 is 0 Å². The molecule has 0 fully saturated rings. The van der Waals surface area contributed by atoms with Crippen LogP contribution in [0.1, 0.15) is 13.8 Å². The van der Waals surface area contributed by atoms with Gasteiger partial charge >= 0.3 is 47.3 Å². The topological polar surface area (TPSA) is 0 Å². The minimum absolute atomic E-state index is 0.0417. The minimum atomic E-state index is 0.0417. The molecule has 0 saturated carbocycles. The van der Waals surface area contributed by atoms with Crippen LogP contribution in [0, 0.1) is 0 Å². The molecule has 0 rings (SSSR count). The zero-order chi connectivity index (χ0) is 4.28. The van der Waals surface area contributed by atoms with E-state index >= 15 is 0 Å². The van der Waals surface area contributed by atoms with Crippen LogP contribution in [0.4, 0.5) is 0 Å². The second-order valence-corrected chi connectivity index (χ2v) is 7.44. The normalized spacial score (nSPS) is 8.80. The first kappa shape index (κ1) is 6.12. The van der Waals surface area contributed by atoms with Gasteiger partial charge in [0.25, 0.3) is 0 Å². The summed E-state index contributed by atoms with van der Waals surface area (Å²) in [4.78, 5) is 0. The molecule has 0 nitrogen and oxygen atoms in total. The van der Waals surface area contributed by atoms with Gasteiger partial charge < -0.3 is 0 Å². The van der Waals surface area contributed by atoms with Gasteiger partial charge in [-0.15, -0.1) is 0 Å². The molecule has 0 bridgehead atoms. The maximum absolute atomic E-state index is 3.47. The van der Waals surface area contributed by atoms with Crippen molar-refractivity contribution in [3.05, 3.63) is 0 Å². The molecular weight excluding hydrogens is 186 g/mol. The molecule has 0 heterocycles. The Bertz CT molecular complexity index is 20.9. The summed E-state index contributed by atoms with van der Waals surface area (Å²) in [6.07, 6.45) is 0. The van der Waals surface area contributed by atoms with E-state index in [1.54, 1.807) is 0 Å². The van der Waals surface area contributed by atoms with E-state index in [0.29, 0.717) is 0 Å². The number of halogens is 1. The van der Waals surface area contributed by atoms with Gasteiger partial charge in [0.2, 0.25) is 0 Å². The third-order valence-electron chi connectivity index (χ3n) is 0.252. The summed E-state index contributed by atoms with van der Waals surface area (Å²) in [6.45, 7) is 4.49. The Morgan fingerprint density at radius 3 is 1.80 bits per heavy atom. The van der Waals surface area contributed by atoms with Crippen molar-refractivity contribution in [3.8, 4) is 0 Å². The molecule has 2 heteroatoms. The maximum atomic E-state index is 3.47. The van der Waals surface area contributed by atoms with Crippen molar-refractivity contribution in [3.63, 3.8) is 0 Å². The van der Waals surface area contributed by atoms with E-state index in [-0.39, 0.29) is 15.4 Å². The summed E-state index contributed by atoms with van der Waals surface area (Å²) < 4.78 is 0.957. The fourth-order valence-corrected chi connectivity index (χ4v) is 0. The molecule has 0 amide bonds. The van der Waals surface area contributed by atoms with Gasteiger partial charge in [-0.05, 0) is 0 Å². The van der Waals surface area contributed by atoms with Crippen LogP contribution in [-0.4, -0.2) is 15.4 Å². The van der Waals surface area contributed by atoms with Gasteiger partial charge in [-0.25, -0.2) is 0 Å². The predicted octanol–water partition coefficient (Wildman–Crippen LogP) is 1.83. The summed E-state index contributed by atoms with van der Waals surface area (Å²) in [5, 5.41) is 0. The van der Waals surface area contributed by atoms with Crippen molar-refractivity contribution in [2.75, 3.05) is 0 Å². The van der Waals surface area contributed by atoms with Gasteiger partial charge in [0.15, 0.2) is 0 Å². The summed E-state index contributed by atoms with van der Waals surface area (Å²) in [7, 11) is 0. The van der Waals surface area contributed by atoms with Crippen LogP contribution in [0.5, 0.6) is 0 Å². The van der Waals surface area contributed by atoms with Crippen LogP contribution in [0.15, 0.2) is 0 Å². The molecule has 0 aliphatic heterocycles. The third-order valence-corrected chi connectivity index (χ3v) is 6.80. The fraction of sp³-hybridized carbons (Fsp3) is 1.00. The third kappa shape index (κ3) is 5.12. The first-order valence-electron chi connectivity index (χ1n) is 1.71. The van der Waals surface area contributed by atoms with E-state index in [9.17, 15) is 0 Å². The molecule has 0 aromatic rings. The van der Waals surface area contributed by atoms with Crippen molar-refractivity contribution < 1.29 is 0 Å². The SMILES string of the molecule is C[CH](C)[Ga][Br]. The van der Waals surface area contributed by atoms with Crippen molar-refractivity contribution in [2.45, 2.75) is 18.3 Å². The van der Waals surface area contributed by atoms with Crippen molar-refractivity contribution in [1.29, 1.82) is 0 Å². The molecule has 1 radical (unpaired) electrons.